The molecule has 8 nitrogen and oxygen atoms in total. The molecule has 1 saturated heterocycles. The van der Waals surface area contributed by atoms with E-state index in [1.807, 2.05) is 42.5 Å². The first-order valence-corrected chi connectivity index (χ1v) is 12.7. The van der Waals surface area contributed by atoms with Crippen molar-refractivity contribution in [1.82, 2.24) is 9.62 Å². The molecular weight excluding hydrogens is 466 g/mol. The Balaban J connectivity index is 1.36. The number of hydrogen-bond acceptors (Lipinski definition) is 5. The van der Waals surface area contributed by atoms with Crippen LogP contribution in [0.5, 0.6) is 0 Å². The molecule has 0 aliphatic carbocycles. The van der Waals surface area contributed by atoms with Crippen LogP contribution < -0.4 is 10.6 Å². The van der Waals surface area contributed by atoms with Crippen LogP contribution in [0.15, 0.2) is 77.7 Å². The lowest BCUT2D eigenvalue weighted by atomic mass is 10.0. The van der Waals surface area contributed by atoms with Crippen molar-refractivity contribution >= 4 is 27.5 Å². The molecule has 4 rings (SSSR count). The van der Waals surface area contributed by atoms with Gasteiger partial charge in [-0.25, -0.2) is 8.42 Å². The Morgan fingerprint density at radius 3 is 2.26 bits per heavy atom. The zero-order valence-electron chi connectivity index (χ0n) is 19.4. The standard InChI is InChI=1S/C26H27N3O5S/c1-19-7-12-23(17-24(19)35(32,33)29-13-15-34-16-14-29)28-25(30)18-27-26(31)22-10-8-21(9-11-22)20-5-3-2-4-6-20/h2-12,17H,13-16,18H2,1H3,(H,27,31)(H,28,30). The first-order valence-electron chi connectivity index (χ1n) is 11.3. The van der Waals surface area contributed by atoms with Crippen molar-refractivity contribution < 1.29 is 22.7 Å². The number of carbonyl (C=O) groups is 2. The topological polar surface area (TPSA) is 105 Å². The van der Waals surface area contributed by atoms with E-state index in [1.165, 1.54) is 10.4 Å². The molecule has 2 N–H and O–H groups in total. The summed E-state index contributed by atoms with van der Waals surface area (Å²) in [6.45, 7) is 2.74. The lowest BCUT2D eigenvalue weighted by molar-refractivity contribution is -0.115. The van der Waals surface area contributed by atoms with Gasteiger partial charge < -0.3 is 15.4 Å². The highest BCUT2D eigenvalue weighted by Gasteiger charge is 2.28. The Kier molecular flexibility index (Phi) is 7.60. The normalized spacial score (nSPS) is 14.3. The molecule has 3 aromatic carbocycles. The zero-order chi connectivity index (χ0) is 24.8. The van der Waals surface area contributed by atoms with Gasteiger partial charge in [0.05, 0.1) is 24.7 Å². The number of amides is 2. The van der Waals surface area contributed by atoms with Gasteiger partial charge in [-0.3, -0.25) is 9.59 Å². The monoisotopic (exact) mass is 493 g/mol. The first-order chi connectivity index (χ1) is 16.8. The molecule has 35 heavy (non-hydrogen) atoms. The minimum Gasteiger partial charge on any atom is -0.379 e. The number of benzene rings is 3. The second kappa shape index (κ2) is 10.8. The summed E-state index contributed by atoms with van der Waals surface area (Å²) in [7, 11) is -3.70. The van der Waals surface area contributed by atoms with Crippen LogP contribution in [0.25, 0.3) is 11.1 Å². The van der Waals surface area contributed by atoms with Gasteiger partial charge in [0.15, 0.2) is 0 Å². The average Bonchev–Trinajstić information content (AvgIpc) is 2.89. The summed E-state index contributed by atoms with van der Waals surface area (Å²) in [5.41, 5.74) is 3.40. The van der Waals surface area contributed by atoms with Crippen LogP contribution in [-0.4, -0.2) is 57.4 Å². The SMILES string of the molecule is Cc1ccc(NC(=O)CNC(=O)c2ccc(-c3ccccc3)cc2)cc1S(=O)(=O)N1CCOCC1. The van der Waals surface area contributed by atoms with E-state index in [2.05, 4.69) is 10.6 Å². The predicted octanol–water partition coefficient (Wildman–Crippen LogP) is 3.05. The molecule has 1 aliphatic rings. The second-order valence-electron chi connectivity index (χ2n) is 8.17. The van der Waals surface area contributed by atoms with Gasteiger partial charge in [-0.2, -0.15) is 4.31 Å². The van der Waals surface area contributed by atoms with Gasteiger partial charge in [-0.1, -0.05) is 48.5 Å². The first kappa shape index (κ1) is 24.6. The molecule has 1 aliphatic heterocycles. The van der Waals surface area contributed by atoms with Crippen molar-refractivity contribution in [3.05, 3.63) is 83.9 Å². The van der Waals surface area contributed by atoms with E-state index >= 15 is 0 Å². The van der Waals surface area contributed by atoms with E-state index < -0.39 is 15.9 Å². The number of rotatable bonds is 7. The van der Waals surface area contributed by atoms with Gasteiger partial charge in [0.1, 0.15) is 0 Å². The van der Waals surface area contributed by atoms with Crippen LogP contribution >= 0.6 is 0 Å². The van der Waals surface area contributed by atoms with Gasteiger partial charge >= 0.3 is 0 Å². The molecule has 9 heteroatoms. The Labute approximate surface area is 205 Å². The van der Waals surface area contributed by atoms with Crippen molar-refractivity contribution in [2.24, 2.45) is 0 Å². The Morgan fingerprint density at radius 2 is 1.57 bits per heavy atom. The highest BCUT2D eigenvalue weighted by molar-refractivity contribution is 7.89. The number of nitrogens with one attached hydrogen (secondary N) is 2. The quantitative estimate of drug-likeness (QED) is 0.526. The fourth-order valence-corrected chi connectivity index (χ4v) is 5.45. The zero-order valence-corrected chi connectivity index (χ0v) is 20.2. The van der Waals surface area contributed by atoms with Gasteiger partial charge in [-0.15, -0.1) is 0 Å². The summed E-state index contributed by atoms with van der Waals surface area (Å²) in [5, 5.41) is 5.26. The van der Waals surface area contributed by atoms with Crippen molar-refractivity contribution in [3.8, 4) is 11.1 Å². The fraction of sp³-hybridized carbons (Fsp3) is 0.231. The predicted molar refractivity (Wildman–Crippen MR) is 134 cm³/mol. The molecule has 1 fully saturated rings. The third-order valence-corrected chi connectivity index (χ3v) is 7.76. The maximum atomic E-state index is 13.0. The van der Waals surface area contributed by atoms with E-state index in [0.29, 0.717) is 30.0 Å². The van der Waals surface area contributed by atoms with E-state index in [0.717, 1.165) is 11.1 Å². The average molecular weight is 494 g/mol. The summed E-state index contributed by atoms with van der Waals surface area (Å²) < 4.78 is 32.7. The molecule has 0 saturated carbocycles. The third kappa shape index (κ3) is 5.94. The smallest absolute Gasteiger partial charge is 0.251 e. The summed E-state index contributed by atoms with van der Waals surface area (Å²) in [6.07, 6.45) is 0. The molecule has 0 unspecified atom stereocenters. The van der Waals surface area contributed by atoms with Crippen LogP contribution in [0.2, 0.25) is 0 Å². The molecular formula is C26H27N3O5S. The van der Waals surface area contributed by atoms with E-state index in [9.17, 15) is 18.0 Å². The lowest BCUT2D eigenvalue weighted by Gasteiger charge is -2.26. The van der Waals surface area contributed by atoms with Crippen LogP contribution in [0, 0.1) is 6.92 Å². The second-order valence-corrected chi connectivity index (χ2v) is 10.1. The van der Waals surface area contributed by atoms with Gasteiger partial charge in [-0.05, 0) is 47.9 Å². The number of ether oxygens (including phenoxy) is 1. The number of hydrogen-bond donors (Lipinski definition) is 2. The number of carbonyl (C=O) groups excluding carboxylic acids is 2. The Hall–Kier alpha value is -3.53. The van der Waals surface area contributed by atoms with Crippen LogP contribution in [0.1, 0.15) is 15.9 Å². The summed E-state index contributed by atoms with van der Waals surface area (Å²) >= 11 is 0. The minimum absolute atomic E-state index is 0.139. The molecule has 182 valence electrons. The number of aryl methyl sites for hydroxylation is 1. The molecule has 2 amide bonds. The van der Waals surface area contributed by atoms with Gasteiger partial charge in [0, 0.05) is 24.3 Å². The minimum atomic E-state index is -3.70. The Morgan fingerprint density at radius 1 is 0.914 bits per heavy atom. The van der Waals surface area contributed by atoms with Crippen LogP contribution in [0.3, 0.4) is 0 Å². The summed E-state index contributed by atoms with van der Waals surface area (Å²) in [6, 6.07) is 21.7. The van der Waals surface area contributed by atoms with Gasteiger partial charge in [0.25, 0.3) is 5.91 Å². The molecule has 0 bridgehead atoms. The van der Waals surface area contributed by atoms with E-state index in [-0.39, 0.29) is 30.4 Å². The number of morpholine rings is 1. The molecule has 0 aromatic heterocycles. The molecule has 3 aromatic rings. The molecule has 0 spiro atoms. The van der Waals surface area contributed by atoms with Crippen molar-refractivity contribution in [2.75, 3.05) is 38.2 Å². The molecule has 0 radical (unpaired) electrons. The highest BCUT2D eigenvalue weighted by Crippen LogP contribution is 2.24. The van der Waals surface area contributed by atoms with Crippen molar-refractivity contribution in [1.29, 1.82) is 0 Å². The van der Waals surface area contributed by atoms with E-state index in [1.54, 1.807) is 31.2 Å². The van der Waals surface area contributed by atoms with Gasteiger partial charge in [0.2, 0.25) is 15.9 Å². The maximum absolute atomic E-state index is 13.0. The number of sulfonamides is 1. The number of anilines is 1. The Bertz CT molecular complexity index is 1300. The third-order valence-electron chi connectivity index (χ3n) is 5.72. The maximum Gasteiger partial charge on any atom is 0.251 e. The van der Waals surface area contributed by atoms with E-state index in [4.69, 9.17) is 4.74 Å². The highest BCUT2D eigenvalue weighted by atomic mass is 32.2. The molecule has 0 atom stereocenters. The summed E-state index contributed by atoms with van der Waals surface area (Å²) in [4.78, 5) is 25.0. The largest absolute Gasteiger partial charge is 0.379 e. The van der Waals surface area contributed by atoms with Crippen molar-refractivity contribution in [2.45, 2.75) is 11.8 Å². The van der Waals surface area contributed by atoms with Crippen LogP contribution in [-0.2, 0) is 19.6 Å². The van der Waals surface area contributed by atoms with Crippen molar-refractivity contribution in [3.63, 3.8) is 0 Å². The lowest BCUT2D eigenvalue weighted by Crippen LogP contribution is -2.40. The summed E-state index contributed by atoms with van der Waals surface area (Å²) in [5.74, 6) is -0.836. The number of nitrogens with zero attached hydrogens (tertiary/aromatic N) is 1. The fourth-order valence-electron chi connectivity index (χ4n) is 3.79. The molecule has 1 heterocycles. The van der Waals surface area contributed by atoms with Crippen LogP contribution in [0.4, 0.5) is 5.69 Å².